The van der Waals surface area contributed by atoms with Gasteiger partial charge in [-0.25, -0.2) is 0 Å². The highest BCUT2D eigenvalue weighted by Gasteiger charge is 2.18. The topological polar surface area (TPSA) is 32.5 Å². The smallest absolute Gasteiger partial charge is 0.0656 e. The van der Waals surface area contributed by atoms with Crippen LogP contribution in [0.5, 0.6) is 0 Å². The summed E-state index contributed by atoms with van der Waals surface area (Å²) in [6.45, 7) is 9.94. The van der Waals surface area contributed by atoms with E-state index in [2.05, 4.69) is 23.6 Å². The number of nitrogen functional groups attached to an aromatic ring is 1. The van der Waals surface area contributed by atoms with Gasteiger partial charge in [-0.3, -0.25) is 4.90 Å². The molecule has 0 aliphatic carbocycles. The summed E-state index contributed by atoms with van der Waals surface area (Å²) in [7, 11) is 0. The fraction of sp³-hybridized carbons (Fsp3) is 0.571. The maximum Gasteiger partial charge on any atom is 0.0656 e. The van der Waals surface area contributed by atoms with Crippen molar-refractivity contribution in [3.8, 4) is 0 Å². The Bertz CT molecular complexity index is 412. The van der Waals surface area contributed by atoms with Crippen LogP contribution in [-0.4, -0.2) is 37.6 Å². The Morgan fingerprint density at radius 2 is 1.89 bits per heavy atom. The summed E-state index contributed by atoms with van der Waals surface area (Å²) in [6, 6.07) is 3.97. The van der Waals surface area contributed by atoms with Crippen molar-refractivity contribution in [3.63, 3.8) is 0 Å². The quantitative estimate of drug-likeness (QED) is 0.855. The monoisotopic (exact) mass is 267 g/mol. The number of rotatable bonds is 3. The van der Waals surface area contributed by atoms with Crippen molar-refractivity contribution in [2.24, 2.45) is 0 Å². The summed E-state index contributed by atoms with van der Waals surface area (Å²) in [5, 5.41) is 0.659. The molecule has 1 aliphatic heterocycles. The van der Waals surface area contributed by atoms with Gasteiger partial charge >= 0.3 is 0 Å². The minimum absolute atomic E-state index is 0.659. The van der Waals surface area contributed by atoms with E-state index in [0.717, 1.165) is 26.2 Å². The van der Waals surface area contributed by atoms with Crippen LogP contribution in [-0.2, 0) is 0 Å². The summed E-state index contributed by atoms with van der Waals surface area (Å²) in [6.07, 6.45) is 1.23. The Labute approximate surface area is 115 Å². The largest absolute Gasteiger partial charge is 0.398 e. The molecule has 0 atom stereocenters. The number of nitrogens with zero attached hydrogens (tertiary/aromatic N) is 2. The van der Waals surface area contributed by atoms with E-state index in [1.54, 1.807) is 0 Å². The molecule has 1 aliphatic rings. The van der Waals surface area contributed by atoms with Crippen LogP contribution in [0.3, 0.4) is 0 Å². The summed E-state index contributed by atoms with van der Waals surface area (Å²) in [5.41, 5.74) is 8.93. The van der Waals surface area contributed by atoms with E-state index in [0.29, 0.717) is 10.7 Å². The molecule has 1 heterocycles. The van der Waals surface area contributed by atoms with Gasteiger partial charge < -0.3 is 10.6 Å². The molecule has 0 bridgehead atoms. The molecule has 100 valence electrons. The van der Waals surface area contributed by atoms with Gasteiger partial charge in [-0.1, -0.05) is 18.5 Å². The highest BCUT2D eigenvalue weighted by Crippen LogP contribution is 2.29. The number of hydrogen-bond donors (Lipinski definition) is 1. The van der Waals surface area contributed by atoms with Gasteiger partial charge in [0.25, 0.3) is 0 Å². The van der Waals surface area contributed by atoms with Gasteiger partial charge in [0.1, 0.15) is 0 Å². The Kier molecular flexibility index (Phi) is 4.36. The minimum Gasteiger partial charge on any atom is -0.398 e. The number of piperazine rings is 1. The van der Waals surface area contributed by atoms with Crippen LogP contribution in [0.2, 0.25) is 5.02 Å². The Morgan fingerprint density at radius 1 is 1.22 bits per heavy atom. The number of halogens is 1. The third-order valence-electron chi connectivity index (χ3n) is 3.57. The van der Waals surface area contributed by atoms with Gasteiger partial charge in [-0.15, -0.1) is 0 Å². The Hall–Kier alpha value is -0.930. The molecule has 4 heteroatoms. The molecule has 0 radical (unpaired) electrons. The molecule has 2 rings (SSSR count). The van der Waals surface area contributed by atoms with Gasteiger partial charge in [0.2, 0.25) is 0 Å². The van der Waals surface area contributed by atoms with Gasteiger partial charge in [0, 0.05) is 31.9 Å². The number of benzene rings is 1. The lowest BCUT2D eigenvalue weighted by Gasteiger charge is -2.36. The van der Waals surface area contributed by atoms with Crippen LogP contribution in [0.15, 0.2) is 12.1 Å². The molecule has 1 fully saturated rings. The van der Waals surface area contributed by atoms with E-state index >= 15 is 0 Å². The molecular weight excluding hydrogens is 246 g/mol. The molecule has 0 aromatic heterocycles. The molecule has 1 saturated heterocycles. The first-order valence-electron chi connectivity index (χ1n) is 6.64. The zero-order chi connectivity index (χ0) is 13.1. The fourth-order valence-corrected chi connectivity index (χ4v) is 2.72. The van der Waals surface area contributed by atoms with Crippen molar-refractivity contribution in [3.05, 3.63) is 22.7 Å². The molecule has 0 saturated carbocycles. The zero-order valence-corrected chi connectivity index (χ0v) is 12.0. The van der Waals surface area contributed by atoms with Crippen molar-refractivity contribution in [2.45, 2.75) is 20.3 Å². The second-order valence-corrected chi connectivity index (χ2v) is 5.40. The van der Waals surface area contributed by atoms with E-state index in [1.807, 2.05) is 12.1 Å². The third-order valence-corrected chi connectivity index (χ3v) is 3.90. The predicted octanol–water partition coefficient (Wildman–Crippen LogP) is 2.76. The van der Waals surface area contributed by atoms with Crippen LogP contribution < -0.4 is 10.6 Å². The first-order valence-corrected chi connectivity index (χ1v) is 7.02. The maximum absolute atomic E-state index is 6.12. The molecule has 3 nitrogen and oxygen atoms in total. The zero-order valence-electron chi connectivity index (χ0n) is 11.2. The van der Waals surface area contributed by atoms with E-state index in [-0.39, 0.29) is 0 Å². The summed E-state index contributed by atoms with van der Waals surface area (Å²) in [4.78, 5) is 4.93. The molecule has 18 heavy (non-hydrogen) atoms. The average Bonchev–Trinajstić information content (AvgIpc) is 2.35. The fourth-order valence-electron chi connectivity index (χ4n) is 2.56. The molecule has 1 aromatic carbocycles. The lowest BCUT2D eigenvalue weighted by molar-refractivity contribution is 0.258. The number of anilines is 2. The number of hydrogen-bond acceptors (Lipinski definition) is 3. The van der Waals surface area contributed by atoms with E-state index < -0.39 is 0 Å². The third kappa shape index (κ3) is 2.90. The molecule has 0 amide bonds. The summed E-state index contributed by atoms with van der Waals surface area (Å²) in [5.74, 6) is 0. The summed E-state index contributed by atoms with van der Waals surface area (Å²) < 4.78 is 0. The minimum atomic E-state index is 0.659. The molecule has 1 aromatic rings. The van der Waals surface area contributed by atoms with Gasteiger partial charge in [0.15, 0.2) is 0 Å². The molecule has 0 unspecified atom stereocenters. The Morgan fingerprint density at radius 3 is 2.50 bits per heavy atom. The number of nitrogens with two attached hydrogens (primary N) is 1. The number of aryl methyl sites for hydroxylation is 1. The van der Waals surface area contributed by atoms with Crippen LogP contribution >= 0.6 is 11.6 Å². The highest BCUT2D eigenvalue weighted by atomic mass is 35.5. The van der Waals surface area contributed by atoms with Crippen molar-refractivity contribution in [1.82, 2.24) is 4.90 Å². The van der Waals surface area contributed by atoms with E-state index in [1.165, 1.54) is 24.2 Å². The first-order chi connectivity index (χ1) is 8.61. The maximum atomic E-state index is 6.12. The lowest BCUT2D eigenvalue weighted by atomic mass is 10.1. The lowest BCUT2D eigenvalue weighted by Crippen LogP contribution is -2.46. The van der Waals surface area contributed by atoms with Crippen LogP contribution in [0.25, 0.3) is 0 Å². The van der Waals surface area contributed by atoms with Crippen molar-refractivity contribution < 1.29 is 0 Å². The SMILES string of the molecule is CCCN1CCN(c2cc(Cl)c(N)cc2C)CC1. The van der Waals surface area contributed by atoms with E-state index in [9.17, 15) is 0 Å². The van der Waals surface area contributed by atoms with Crippen LogP contribution in [0, 0.1) is 6.92 Å². The van der Waals surface area contributed by atoms with E-state index in [4.69, 9.17) is 17.3 Å². The second kappa shape index (κ2) is 5.81. The molecule has 2 N–H and O–H groups in total. The van der Waals surface area contributed by atoms with Gasteiger partial charge in [0.05, 0.1) is 10.7 Å². The van der Waals surface area contributed by atoms with Crippen molar-refractivity contribution in [1.29, 1.82) is 0 Å². The molecule has 0 spiro atoms. The van der Waals surface area contributed by atoms with Crippen LogP contribution in [0.1, 0.15) is 18.9 Å². The van der Waals surface area contributed by atoms with Crippen molar-refractivity contribution >= 4 is 23.0 Å². The standard InChI is InChI=1S/C14H22ClN3/c1-3-4-17-5-7-18(8-6-17)14-10-12(15)13(16)9-11(14)2/h9-10H,3-8,16H2,1-2H3. The average molecular weight is 268 g/mol. The predicted molar refractivity (Wildman–Crippen MR) is 79.5 cm³/mol. The van der Waals surface area contributed by atoms with Gasteiger partial charge in [-0.05, 0) is 37.6 Å². The molecular formula is C14H22ClN3. The summed E-state index contributed by atoms with van der Waals surface area (Å²) >= 11 is 6.12. The normalized spacial score (nSPS) is 17.2. The first kappa shape index (κ1) is 13.5. The van der Waals surface area contributed by atoms with Crippen molar-refractivity contribution in [2.75, 3.05) is 43.4 Å². The highest BCUT2D eigenvalue weighted by molar-refractivity contribution is 6.33. The second-order valence-electron chi connectivity index (χ2n) is 4.99. The Balaban J connectivity index is 2.07. The van der Waals surface area contributed by atoms with Gasteiger partial charge in [-0.2, -0.15) is 0 Å². The van der Waals surface area contributed by atoms with Crippen LogP contribution in [0.4, 0.5) is 11.4 Å².